The summed E-state index contributed by atoms with van der Waals surface area (Å²) in [6, 6.07) is -0.838. The van der Waals surface area contributed by atoms with Crippen molar-refractivity contribution >= 4 is 49.7 Å². The van der Waals surface area contributed by atoms with Crippen LogP contribution in [0.1, 0.15) is 25.1 Å². The third-order valence-electron chi connectivity index (χ3n) is 8.57. The van der Waals surface area contributed by atoms with Crippen molar-refractivity contribution < 1.29 is 46.9 Å². The molecule has 0 spiro atoms. The van der Waals surface area contributed by atoms with Crippen molar-refractivity contribution in [2.24, 2.45) is 17.6 Å². The molecule has 6 heterocycles. The van der Waals surface area contributed by atoms with Gasteiger partial charge in [-0.2, -0.15) is 4.98 Å². The molecule has 1 aliphatic carbocycles. The number of phosphoric acid groups is 2. The number of nitrogens with one attached hydrogen (secondary N) is 1. The van der Waals surface area contributed by atoms with Crippen LogP contribution < -0.4 is 22.8 Å². The van der Waals surface area contributed by atoms with Crippen LogP contribution in [-0.2, 0) is 32.0 Å². The first-order valence-corrected chi connectivity index (χ1v) is 17.4. The van der Waals surface area contributed by atoms with E-state index in [1.165, 1.54) is 28.1 Å². The monoisotopic (exact) mass is 699 g/mol. The van der Waals surface area contributed by atoms with Crippen molar-refractivity contribution in [1.82, 2.24) is 39.0 Å². The van der Waals surface area contributed by atoms with Gasteiger partial charge in [0.15, 0.2) is 28.9 Å². The Bertz CT molecular complexity index is 1970. The second-order valence-electron chi connectivity index (χ2n) is 11.4. The lowest BCUT2D eigenvalue weighted by atomic mass is 9.94. The number of nitrogen functional groups attached to an aromatic ring is 2. The summed E-state index contributed by atoms with van der Waals surface area (Å²) in [5, 5.41) is 11.3. The van der Waals surface area contributed by atoms with Gasteiger partial charge in [0.1, 0.15) is 30.2 Å². The van der Waals surface area contributed by atoms with E-state index in [1.807, 2.05) is 0 Å². The van der Waals surface area contributed by atoms with Crippen LogP contribution in [0.3, 0.4) is 0 Å². The maximum Gasteiger partial charge on any atom is 0.472 e. The molecule has 24 heteroatoms. The molecule has 2 aliphatic heterocycles. The summed E-state index contributed by atoms with van der Waals surface area (Å²) in [6.07, 6.45) is -2.50. The van der Waals surface area contributed by atoms with E-state index in [9.17, 15) is 28.8 Å². The molecular weight excluding hydrogens is 668 g/mol. The molecule has 4 aromatic heterocycles. The van der Waals surface area contributed by atoms with Crippen LogP contribution in [0.2, 0.25) is 0 Å². The van der Waals surface area contributed by atoms with Crippen molar-refractivity contribution in [2.75, 3.05) is 31.2 Å². The summed E-state index contributed by atoms with van der Waals surface area (Å²) in [4.78, 5) is 57.1. The number of imidazole rings is 2. The molecule has 3 aliphatic rings. The third kappa shape index (κ3) is 5.85. The normalized spacial score (nSPS) is 36.6. The van der Waals surface area contributed by atoms with Crippen molar-refractivity contribution in [3.8, 4) is 0 Å². The SMILES string of the molecule is NCCC1C2OP(=O)(O)OC[C@H]3C[C@@H](n4cnc5c(N)ncnc54)C(O)C3OP(=O)(O)OC[C@H]1O[C@H]2n1cnc2c(=O)[nH]c(N)nc21. The maximum atomic E-state index is 13.5. The number of aromatic amines is 1. The number of anilines is 2. The summed E-state index contributed by atoms with van der Waals surface area (Å²) in [7, 11) is -9.86. The lowest BCUT2D eigenvalue weighted by Gasteiger charge is -2.27. The Labute approximate surface area is 263 Å². The smallest absolute Gasteiger partial charge is 0.388 e. The predicted molar refractivity (Wildman–Crippen MR) is 158 cm³/mol. The Kier molecular flexibility index (Phi) is 8.17. The summed E-state index contributed by atoms with van der Waals surface area (Å²) in [6.45, 7) is -1.05. The second-order valence-corrected chi connectivity index (χ2v) is 14.2. The minimum Gasteiger partial charge on any atom is -0.388 e. The number of H-pyrrole nitrogens is 1. The Morgan fingerprint density at radius 2 is 1.66 bits per heavy atom. The zero-order chi connectivity index (χ0) is 33.2. The van der Waals surface area contributed by atoms with Crippen LogP contribution in [0.25, 0.3) is 22.3 Å². The van der Waals surface area contributed by atoms with Crippen LogP contribution in [-0.4, -0.2) is 98.1 Å². The number of phosphoric ester groups is 2. The van der Waals surface area contributed by atoms with E-state index in [0.29, 0.717) is 0 Å². The number of aliphatic hydroxyl groups is 1. The minimum atomic E-state index is -4.94. The van der Waals surface area contributed by atoms with E-state index in [2.05, 4.69) is 29.9 Å². The lowest BCUT2D eigenvalue weighted by molar-refractivity contribution is -0.0600. The van der Waals surface area contributed by atoms with Crippen molar-refractivity contribution in [1.29, 1.82) is 0 Å². The molecule has 4 aromatic rings. The first-order valence-electron chi connectivity index (χ1n) is 14.4. The van der Waals surface area contributed by atoms with Gasteiger partial charge >= 0.3 is 15.6 Å². The van der Waals surface area contributed by atoms with Crippen LogP contribution >= 0.6 is 15.6 Å². The fourth-order valence-corrected chi connectivity index (χ4v) is 8.49. The number of fused-ring (bicyclic) bond motifs is 5. The number of ether oxygens (including phenoxy) is 1. The highest BCUT2D eigenvalue weighted by Gasteiger charge is 2.53. The van der Waals surface area contributed by atoms with Gasteiger partial charge in [0.2, 0.25) is 5.95 Å². The molecule has 1 saturated carbocycles. The van der Waals surface area contributed by atoms with E-state index in [-0.39, 0.29) is 53.5 Å². The van der Waals surface area contributed by atoms with Gasteiger partial charge in [-0.15, -0.1) is 0 Å². The molecule has 2 bridgehead atoms. The first-order chi connectivity index (χ1) is 22.4. The molecule has 0 radical (unpaired) electrons. The molecule has 2 saturated heterocycles. The van der Waals surface area contributed by atoms with Gasteiger partial charge in [-0.25, -0.2) is 29.1 Å². The molecule has 22 nitrogen and oxygen atoms in total. The molecule has 0 aromatic carbocycles. The quantitative estimate of drug-likeness (QED) is 0.125. The number of hydrogen-bond donors (Lipinski definition) is 7. The van der Waals surface area contributed by atoms with Gasteiger partial charge in [0.25, 0.3) is 5.56 Å². The number of rotatable bonds is 4. The molecule has 6 unspecified atom stereocenters. The fourth-order valence-electron chi connectivity index (χ4n) is 6.48. The molecule has 7 rings (SSSR count). The second kappa shape index (κ2) is 11.9. The van der Waals surface area contributed by atoms with E-state index in [1.54, 1.807) is 0 Å². The van der Waals surface area contributed by atoms with Gasteiger partial charge in [0, 0.05) is 11.8 Å². The van der Waals surface area contributed by atoms with E-state index < -0.39 is 82.9 Å². The van der Waals surface area contributed by atoms with Crippen molar-refractivity contribution in [2.45, 2.75) is 49.5 Å². The zero-order valence-electron chi connectivity index (χ0n) is 24.3. The summed E-state index contributed by atoms with van der Waals surface area (Å²) in [5.74, 6) is -1.85. The van der Waals surface area contributed by atoms with Crippen LogP contribution in [0, 0.1) is 11.8 Å². The van der Waals surface area contributed by atoms with Gasteiger partial charge in [-0.3, -0.25) is 32.4 Å². The largest absolute Gasteiger partial charge is 0.472 e. The predicted octanol–water partition coefficient (Wildman–Crippen LogP) is -1.07. The number of nitrogens with zero attached hydrogens (tertiary/aromatic N) is 7. The summed E-state index contributed by atoms with van der Waals surface area (Å²) in [5.41, 5.74) is 17.3. The lowest BCUT2D eigenvalue weighted by Crippen LogP contribution is -2.33. The highest BCUT2D eigenvalue weighted by molar-refractivity contribution is 7.47. The highest BCUT2D eigenvalue weighted by atomic mass is 31.2. The van der Waals surface area contributed by atoms with Gasteiger partial charge < -0.3 is 41.4 Å². The van der Waals surface area contributed by atoms with E-state index >= 15 is 0 Å². The van der Waals surface area contributed by atoms with Crippen LogP contribution in [0.4, 0.5) is 11.8 Å². The van der Waals surface area contributed by atoms with Crippen LogP contribution in [0.5, 0.6) is 0 Å². The number of aliphatic hydroxyl groups excluding tert-OH is 1. The Hall–Kier alpha value is -3.40. The van der Waals surface area contributed by atoms with E-state index in [4.69, 9.17) is 40.0 Å². The molecule has 47 heavy (non-hydrogen) atoms. The average molecular weight is 700 g/mol. The molecule has 3 fully saturated rings. The molecule has 10 atom stereocenters. The molecule has 10 N–H and O–H groups in total. The zero-order valence-corrected chi connectivity index (χ0v) is 26.0. The Morgan fingerprint density at radius 3 is 2.43 bits per heavy atom. The van der Waals surface area contributed by atoms with Gasteiger partial charge in [-0.05, 0) is 19.4 Å². The maximum absolute atomic E-state index is 13.5. The minimum absolute atomic E-state index is 0.0169. The molecule has 0 amide bonds. The van der Waals surface area contributed by atoms with Gasteiger partial charge in [-0.1, -0.05) is 0 Å². The van der Waals surface area contributed by atoms with Crippen molar-refractivity contribution in [3.05, 3.63) is 29.3 Å². The first kappa shape index (κ1) is 32.2. The van der Waals surface area contributed by atoms with E-state index in [0.717, 1.165) is 0 Å². The number of hydrogen-bond acceptors (Lipinski definition) is 17. The highest BCUT2D eigenvalue weighted by Crippen LogP contribution is 2.56. The Balaban J connectivity index is 1.23. The standard InChI is InChI=1S/C23H31N11O11P2/c24-2-1-10-12-5-42-47(39,40)44-16-9(3-11(15(16)35)33-7-29-13-18(25)27-6-28-19(13)33)4-41-46(37,38)45-17(10)22(43-12)34-8-30-14-20(34)31-23(26)32-21(14)36/h6-12,15-17,22,35H,1-5,24H2,(H,37,38)(H,39,40)(H2,25,27,28)(H3,26,31,32,36)/t9-,10?,11-,12-,15?,16?,17?,22-/m1/s1. The average Bonchev–Trinajstić information content (AvgIpc) is 3.76. The Morgan fingerprint density at radius 1 is 0.957 bits per heavy atom. The molecular formula is C23H31N11O11P2. The number of aromatic nitrogens is 8. The third-order valence-corrected chi connectivity index (χ3v) is 10.5. The topological polar surface area (TPSA) is 326 Å². The number of nitrogens with two attached hydrogens (primary N) is 3. The molecule has 254 valence electrons. The fraction of sp³-hybridized carbons (Fsp3) is 0.565. The van der Waals surface area contributed by atoms with Crippen LogP contribution in [0.15, 0.2) is 23.8 Å². The summed E-state index contributed by atoms with van der Waals surface area (Å²) < 4.78 is 57.8. The summed E-state index contributed by atoms with van der Waals surface area (Å²) >= 11 is 0. The van der Waals surface area contributed by atoms with Gasteiger partial charge in [0.05, 0.1) is 38.0 Å². The van der Waals surface area contributed by atoms with Crippen molar-refractivity contribution in [3.63, 3.8) is 0 Å².